The molecule has 0 saturated carbocycles. The second-order valence-corrected chi connectivity index (χ2v) is 4.65. The second kappa shape index (κ2) is 5.34. The Hall–Kier alpha value is -1.97. The first kappa shape index (κ1) is 12.1. The lowest BCUT2D eigenvalue weighted by Crippen LogP contribution is -2.01. The highest BCUT2D eigenvalue weighted by Crippen LogP contribution is 2.35. The summed E-state index contributed by atoms with van der Waals surface area (Å²) in [5.41, 5.74) is 2.04. The molecular formula is C15H18N2O2. The van der Waals surface area contributed by atoms with Crippen LogP contribution in [0, 0.1) is 0 Å². The molecule has 1 aromatic heterocycles. The van der Waals surface area contributed by atoms with Gasteiger partial charge in [-0.05, 0) is 18.6 Å². The zero-order valence-electron chi connectivity index (χ0n) is 11.1. The summed E-state index contributed by atoms with van der Waals surface area (Å²) >= 11 is 0. The topological polar surface area (TPSA) is 43.4 Å². The molecular weight excluding hydrogens is 240 g/mol. The third-order valence-corrected chi connectivity index (χ3v) is 3.18. The van der Waals surface area contributed by atoms with Crippen LogP contribution in [0.3, 0.4) is 0 Å². The van der Waals surface area contributed by atoms with Crippen LogP contribution in [0.4, 0.5) is 5.69 Å². The highest BCUT2D eigenvalue weighted by atomic mass is 16.5. The molecule has 1 aliphatic heterocycles. The summed E-state index contributed by atoms with van der Waals surface area (Å²) in [5, 5.41) is 4.51. The van der Waals surface area contributed by atoms with E-state index in [-0.39, 0.29) is 0 Å². The van der Waals surface area contributed by atoms with Crippen molar-refractivity contribution in [3.05, 3.63) is 24.4 Å². The van der Waals surface area contributed by atoms with Crippen molar-refractivity contribution in [3.8, 4) is 11.5 Å². The van der Waals surface area contributed by atoms with Crippen molar-refractivity contribution in [1.82, 2.24) is 4.98 Å². The van der Waals surface area contributed by atoms with Gasteiger partial charge in [0, 0.05) is 36.3 Å². The maximum absolute atomic E-state index is 5.74. The molecule has 0 atom stereocenters. The van der Waals surface area contributed by atoms with Gasteiger partial charge in [-0.2, -0.15) is 0 Å². The van der Waals surface area contributed by atoms with Gasteiger partial charge in [-0.25, -0.2) is 0 Å². The third-order valence-electron chi connectivity index (χ3n) is 3.18. The van der Waals surface area contributed by atoms with Gasteiger partial charge in [-0.3, -0.25) is 4.98 Å². The van der Waals surface area contributed by atoms with Gasteiger partial charge in [0.1, 0.15) is 0 Å². The summed E-state index contributed by atoms with van der Waals surface area (Å²) in [6.07, 6.45) is 3.83. The zero-order valence-corrected chi connectivity index (χ0v) is 11.1. The molecule has 1 aromatic carbocycles. The number of hydrogen-bond acceptors (Lipinski definition) is 4. The van der Waals surface area contributed by atoms with Gasteiger partial charge in [-0.15, -0.1) is 0 Å². The maximum atomic E-state index is 5.74. The number of hydrogen-bond donors (Lipinski definition) is 1. The molecule has 0 unspecified atom stereocenters. The fourth-order valence-corrected chi connectivity index (χ4v) is 2.22. The van der Waals surface area contributed by atoms with E-state index in [2.05, 4.69) is 17.2 Å². The zero-order chi connectivity index (χ0) is 13.1. The minimum Gasteiger partial charge on any atom is -0.490 e. The summed E-state index contributed by atoms with van der Waals surface area (Å²) in [6, 6.07) is 6.00. The Labute approximate surface area is 112 Å². The number of pyridine rings is 1. The first-order valence-corrected chi connectivity index (χ1v) is 6.80. The fourth-order valence-electron chi connectivity index (χ4n) is 2.22. The van der Waals surface area contributed by atoms with Crippen LogP contribution in [-0.4, -0.2) is 24.7 Å². The van der Waals surface area contributed by atoms with Crippen LogP contribution in [0.15, 0.2) is 24.4 Å². The molecule has 3 rings (SSSR count). The first-order valence-electron chi connectivity index (χ1n) is 6.80. The fraction of sp³-hybridized carbons (Fsp3) is 0.400. The van der Waals surface area contributed by atoms with Crippen molar-refractivity contribution in [2.24, 2.45) is 0 Å². The van der Waals surface area contributed by atoms with Gasteiger partial charge >= 0.3 is 0 Å². The van der Waals surface area contributed by atoms with Crippen LogP contribution in [0.25, 0.3) is 10.9 Å². The van der Waals surface area contributed by atoms with Crippen LogP contribution in [0.1, 0.15) is 19.8 Å². The number of nitrogens with zero attached hydrogens (tertiary/aromatic N) is 1. The molecule has 0 aliphatic carbocycles. The van der Waals surface area contributed by atoms with Gasteiger partial charge in [0.2, 0.25) is 0 Å². The smallest absolute Gasteiger partial charge is 0.163 e. The van der Waals surface area contributed by atoms with Gasteiger partial charge < -0.3 is 14.8 Å². The molecule has 1 aliphatic rings. The molecule has 4 heteroatoms. The molecule has 0 amide bonds. The molecule has 0 saturated heterocycles. The molecule has 2 heterocycles. The Morgan fingerprint density at radius 3 is 2.79 bits per heavy atom. The SMILES string of the molecule is CCCNc1ccnc2cc3c(cc12)OCCCO3. The highest BCUT2D eigenvalue weighted by molar-refractivity contribution is 5.93. The van der Waals surface area contributed by atoms with Crippen molar-refractivity contribution in [2.75, 3.05) is 25.1 Å². The van der Waals surface area contributed by atoms with E-state index < -0.39 is 0 Å². The predicted octanol–water partition coefficient (Wildman–Crippen LogP) is 3.22. The summed E-state index contributed by atoms with van der Waals surface area (Å²) < 4.78 is 11.4. The number of aromatic nitrogens is 1. The average Bonchev–Trinajstić information content (AvgIpc) is 2.67. The van der Waals surface area contributed by atoms with Crippen molar-refractivity contribution >= 4 is 16.6 Å². The number of benzene rings is 1. The van der Waals surface area contributed by atoms with Crippen LogP contribution in [-0.2, 0) is 0 Å². The van der Waals surface area contributed by atoms with Crippen LogP contribution in [0.2, 0.25) is 0 Å². The Balaban J connectivity index is 2.07. The van der Waals surface area contributed by atoms with Crippen LogP contribution >= 0.6 is 0 Å². The Bertz CT molecular complexity index is 584. The molecule has 0 radical (unpaired) electrons. The third kappa shape index (κ3) is 2.43. The number of ether oxygens (including phenoxy) is 2. The Kier molecular flexibility index (Phi) is 3.40. The van der Waals surface area contributed by atoms with Crippen molar-refractivity contribution in [3.63, 3.8) is 0 Å². The van der Waals surface area contributed by atoms with Gasteiger partial charge in [0.15, 0.2) is 11.5 Å². The summed E-state index contributed by atoms with van der Waals surface area (Å²) in [6.45, 7) is 4.51. The molecule has 100 valence electrons. The molecule has 19 heavy (non-hydrogen) atoms. The van der Waals surface area contributed by atoms with Crippen LogP contribution < -0.4 is 14.8 Å². The Morgan fingerprint density at radius 1 is 1.21 bits per heavy atom. The molecule has 0 bridgehead atoms. The van der Waals surface area contributed by atoms with Crippen LogP contribution in [0.5, 0.6) is 11.5 Å². The molecule has 1 N–H and O–H groups in total. The van der Waals surface area contributed by atoms with E-state index in [1.54, 1.807) is 0 Å². The van der Waals surface area contributed by atoms with Crippen molar-refractivity contribution in [2.45, 2.75) is 19.8 Å². The molecule has 0 fully saturated rings. The van der Waals surface area contributed by atoms with E-state index in [4.69, 9.17) is 9.47 Å². The predicted molar refractivity (Wildman–Crippen MR) is 76.1 cm³/mol. The number of anilines is 1. The average molecular weight is 258 g/mol. The van der Waals surface area contributed by atoms with E-state index in [1.807, 2.05) is 24.4 Å². The van der Waals surface area contributed by atoms with Gasteiger partial charge in [0.25, 0.3) is 0 Å². The molecule has 2 aromatic rings. The van der Waals surface area contributed by atoms with E-state index in [0.717, 1.165) is 47.5 Å². The first-order chi connectivity index (χ1) is 9.38. The standard InChI is InChI=1S/C15H18N2O2/c1-2-5-16-12-4-6-17-13-10-15-14(9-11(12)13)18-7-3-8-19-15/h4,6,9-10H,2-3,5,7-8H2,1H3,(H,16,17). The minimum absolute atomic E-state index is 0.701. The largest absolute Gasteiger partial charge is 0.490 e. The minimum atomic E-state index is 0.701. The monoisotopic (exact) mass is 258 g/mol. The maximum Gasteiger partial charge on any atom is 0.163 e. The normalized spacial score (nSPS) is 14.2. The molecule has 0 spiro atoms. The summed E-state index contributed by atoms with van der Waals surface area (Å²) in [4.78, 5) is 4.41. The van der Waals surface area contributed by atoms with E-state index in [0.29, 0.717) is 13.2 Å². The summed E-state index contributed by atoms with van der Waals surface area (Å²) in [7, 11) is 0. The lowest BCUT2D eigenvalue weighted by Gasteiger charge is -2.12. The Morgan fingerprint density at radius 2 is 2.00 bits per heavy atom. The quantitative estimate of drug-likeness (QED) is 0.918. The number of rotatable bonds is 3. The van der Waals surface area contributed by atoms with E-state index in [1.165, 1.54) is 0 Å². The lowest BCUT2D eigenvalue weighted by molar-refractivity contribution is 0.297. The highest BCUT2D eigenvalue weighted by Gasteiger charge is 2.13. The van der Waals surface area contributed by atoms with Gasteiger partial charge in [-0.1, -0.05) is 6.92 Å². The van der Waals surface area contributed by atoms with E-state index in [9.17, 15) is 0 Å². The molecule has 4 nitrogen and oxygen atoms in total. The lowest BCUT2D eigenvalue weighted by atomic mass is 10.1. The van der Waals surface area contributed by atoms with Gasteiger partial charge in [0.05, 0.1) is 18.7 Å². The second-order valence-electron chi connectivity index (χ2n) is 4.65. The van der Waals surface area contributed by atoms with Crippen molar-refractivity contribution < 1.29 is 9.47 Å². The summed E-state index contributed by atoms with van der Waals surface area (Å²) in [5.74, 6) is 1.61. The van der Waals surface area contributed by atoms with Crippen molar-refractivity contribution in [1.29, 1.82) is 0 Å². The van der Waals surface area contributed by atoms with E-state index >= 15 is 0 Å². The number of fused-ring (bicyclic) bond motifs is 2. The number of nitrogens with one attached hydrogen (secondary N) is 1.